The van der Waals surface area contributed by atoms with Gasteiger partial charge >= 0.3 is 0 Å². The SMILES string of the molecule is Cn1nccc1CNc1cnn(CC(F)F)c1. The lowest BCUT2D eigenvalue weighted by Gasteiger charge is -2.03. The molecule has 0 radical (unpaired) electrons. The summed E-state index contributed by atoms with van der Waals surface area (Å²) in [4.78, 5) is 0. The first-order valence-electron chi connectivity index (χ1n) is 5.16. The molecule has 5 nitrogen and oxygen atoms in total. The van der Waals surface area contributed by atoms with E-state index in [9.17, 15) is 8.78 Å². The number of nitrogens with one attached hydrogen (secondary N) is 1. The van der Waals surface area contributed by atoms with Gasteiger partial charge in [0.05, 0.1) is 24.1 Å². The van der Waals surface area contributed by atoms with Crippen LogP contribution < -0.4 is 5.32 Å². The molecule has 0 aliphatic heterocycles. The van der Waals surface area contributed by atoms with Crippen LogP contribution in [0.25, 0.3) is 0 Å². The van der Waals surface area contributed by atoms with Gasteiger partial charge in [-0.2, -0.15) is 10.2 Å². The van der Waals surface area contributed by atoms with Gasteiger partial charge < -0.3 is 5.32 Å². The summed E-state index contributed by atoms with van der Waals surface area (Å²) in [5.41, 5.74) is 1.72. The standard InChI is InChI=1S/C10H13F2N5/c1-16-9(2-3-14-16)5-13-8-4-15-17(6-8)7-10(11)12/h2-4,6,10,13H,5,7H2,1H3. The molecule has 0 fully saturated rings. The molecule has 0 unspecified atom stereocenters. The van der Waals surface area contributed by atoms with Crippen LogP contribution in [0.1, 0.15) is 5.69 Å². The number of halogens is 2. The minimum atomic E-state index is -2.39. The highest BCUT2D eigenvalue weighted by atomic mass is 19.3. The number of anilines is 1. The molecule has 2 aromatic rings. The van der Waals surface area contributed by atoms with E-state index in [1.165, 1.54) is 10.9 Å². The van der Waals surface area contributed by atoms with Gasteiger partial charge in [-0.3, -0.25) is 9.36 Å². The van der Waals surface area contributed by atoms with Crippen LogP contribution in [0.5, 0.6) is 0 Å². The van der Waals surface area contributed by atoms with E-state index < -0.39 is 6.43 Å². The van der Waals surface area contributed by atoms with E-state index in [1.54, 1.807) is 17.1 Å². The molecular formula is C10H13F2N5. The number of aromatic nitrogens is 4. The first kappa shape index (κ1) is 11.6. The van der Waals surface area contributed by atoms with E-state index in [0.29, 0.717) is 12.2 Å². The molecule has 0 saturated heterocycles. The Kier molecular flexibility index (Phi) is 3.36. The van der Waals surface area contributed by atoms with Crippen LogP contribution >= 0.6 is 0 Å². The van der Waals surface area contributed by atoms with Gasteiger partial charge in [0, 0.05) is 19.4 Å². The minimum absolute atomic E-state index is 0.382. The number of hydrogen-bond acceptors (Lipinski definition) is 3. The number of rotatable bonds is 5. The van der Waals surface area contributed by atoms with Crippen molar-refractivity contribution in [3.05, 3.63) is 30.4 Å². The zero-order chi connectivity index (χ0) is 12.3. The van der Waals surface area contributed by atoms with Gasteiger partial charge in [-0.05, 0) is 6.07 Å². The van der Waals surface area contributed by atoms with Crippen molar-refractivity contribution >= 4 is 5.69 Å². The Morgan fingerprint density at radius 1 is 1.41 bits per heavy atom. The van der Waals surface area contributed by atoms with Crippen molar-refractivity contribution in [2.75, 3.05) is 5.32 Å². The Bertz CT molecular complexity index is 477. The predicted octanol–water partition coefficient (Wildman–Crippen LogP) is 1.49. The first-order chi connectivity index (χ1) is 8.15. The summed E-state index contributed by atoms with van der Waals surface area (Å²) in [5.74, 6) is 0. The van der Waals surface area contributed by atoms with Gasteiger partial charge in [0.25, 0.3) is 6.43 Å². The van der Waals surface area contributed by atoms with Crippen LogP contribution in [0.3, 0.4) is 0 Å². The third-order valence-electron chi connectivity index (χ3n) is 2.35. The molecular weight excluding hydrogens is 228 g/mol. The number of alkyl halides is 2. The molecule has 1 N–H and O–H groups in total. The minimum Gasteiger partial charge on any atom is -0.377 e. The van der Waals surface area contributed by atoms with Gasteiger partial charge in [-0.1, -0.05) is 0 Å². The van der Waals surface area contributed by atoms with E-state index in [0.717, 1.165) is 5.69 Å². The fourth-order valence-electron chi connectivity index (χ4n) is 1.46. The van der Waals surface area contributed by atoms with E-state index in [4.69, 9.17) is 0 Å². The topological polar surface area (TPSA) is 47.7 Å². The van der Waals surface area contributed by atoms with Crippen LogP contribution in [-0.4, -0.2) is 26.0 Å². The van der Waals surface area contributed by atoms with Crippen LogP contribution in [0.4, 0.5) is 14.5 Å². The summed E-state index contributed by atoms with van der Waals surface area (Å²) in [5, 5.41) is 11.0. The summed E-state index contributed by atoms with van der Waals surface area (Å²) >= 11 is 0. The van der Waals surface area contributed by atoms with Crippen molar-refractivity contribution in [2.45, 2.75) is 19.5 Å². The summed E-state index contributed by atoms with van der Waals surface area (Å²) in [6, 6.07) is 1.89. The lowest BCUT2D eigenvalue weighted by atomic mass is 10.4. The van der Waals surface area contributed by atoms with Gasteiger partial charge in [-0.15, -0.1) is 0 Å². The molecule has 0 aliphatic rings. The van der Waals surface area contributed by atoms with Crippen molar-refractivity contribution in [1.82, 2.24) is 19.6 Å². The average Bonchev–Trinajstić information content (AvgIpc) is 2.84. The molecule has 0 spiro atoms. The molecule has 0 aliphatic carbocycles. The third kappa shape index (κ3) is 3.02. The van der Waals surface area contributed by atoms with Crippen molar-refractivity contribution in [3.63, 3.8) is 0 Å². The van der Waals surface area contributed by atoms with Crippen molar-refractivity contribution in [1.29, 1.82) is 0 Å². The highest BCUT2D eigenvalue weighted by Gasteiger charge is 2.05. The maximum atomic E-state index is 12.1. The second-order valence-electron chi connectivity index (χ2n) is 3.64. The maximum absolute atomic E-state index is 12.1. The van der Waals surface area contributed by atoms with Gasteiger partial charge in [-0.25, -0.2) is 8.78 Å². The highest BCUT2D eigenvalue weighted by Crippen LogP contribution is 2.08. The lowest BCUT2D eigenvalue weighted by molar-refractivity contribution is 0.122. The quantitative estimate of drug-likeness (QED) is 0.862. The molecule has 0 saturated carbocycles. The third-order valence-corrected chi connectivity index (χ3v) is 2.35. The number of aryl methyl sites for hydroxylation is 1. The predicted molar refractivity (Wildman–Crippen MR) is 58.8 cm³/mol. The molecule has 92 valence electrons. The normalized spacial score (nSPS) is 11.1. The van der Waals surface area contributed by atoms with Gasteiger partial charge in [0.2, 0.25) is 0 Å². The Morgan fingerprint density at radius 3 is 2.88 bits per heavy atom. The summed E-state index contributed by atoms with van der Waals surface area (Å²) in [6.45, 7) is 0.199. The smallest absolute Gasteiger partial charge is 0.257 e. The summed E-state index contributed by atoms with van der Waals surface area (Å²) in [7, 11) is 1.84. The highest BCUT2D eigenvalue weighted by molar-refractivity contribution is 5.38. The second-order valence-corrected chi connectivity index (χ2v) is 3.64. The molecule has 0 atom stereocenters. The fourth-order valence-corrected chi connectivity index (χ4v) is 1.46. The van der Waals surface area contributed by atoms with Crippen molar-refractivity contribution < 1.29 is 8.78 Å². The zero-order valence-electron chi connectivity index (χ0n) is 9.35. The summed E-state index contributed by atoms with van der Waals surface area (Å²) in [6.07, 6.45) is 2.40. The van der Waals surface area contributed by atoms with Crippen LogP contribution in [0, 0.1) is 0 Å². The molecule has 2 rings (SSSR count). The Balaban J connectivity index is 1.91. The molecule has 17 heavy (non-hydrogen) atoms. The van der Waals surface area contributed by atoms with Crippen molar-refractivity contribution in [2.24, 2.45) is 7.05 Å². The molecule has 0 aromatic carbocycles. The van der Waals surface area contributed by atoms with E-state index in [1.807, 2.05) is 13.1 Å². The molecule has 2 aromatic heterocycles. The van der Waals surface area contributed by atoms with Crippen molar-refractivity contribution in [3.8, 4) is 0 Å². The monoisotopic (exact) mass is 241 g/mol. The summed E-state index contributed by atoms with van der Waals surface area (Å²) < 4.78 is 27.2. The second kappa shape index (κ2) is 4.94. The molecule has 7 heteroatoms. The lowest BCUT2D eigenvalue weighted by Crippen LogP contribution is -2.07. The zero-order valence-corrected chi connectivity index (χ0v) is 9.35. The first-order valence-corrected chi connectivity index (χ1v) is 5.16. The van der Waals surface area contributed by atoms with Crippen LogP contribution in [-0.2, 0) is 20.1 Å². The van der Waals surface area contributed by atoms with E-state index in [-0.39, 0.29) is 6.54 Å². The Labute approximate surface area is 97.0 Å². The van der Waals surface area contributed by atoms with Gasteiger partial charge in [0.15, 0.2) is 0 Å². The Hall–Kier alpha value is -1.92. The van der Waals surface area contributed by atoms with Crippen LogP contribution in [0.15, 0.2) is 24.7 Å². The molecule has 0 amide bonds. The van der Waals surface area contributed by atoms with Gasteiger partial charge in [0.1, 0.15) is 6.54 Å². The number of hydrogen-bond donors (Lipinski definition) is 1. The van der Waals surface area contributed by atoms with Crippen LogP contribution in [0.2, 0.25) is 0 Å². The fraction of sp³-hybridized carbons (Fsp3) is 0.400. The maximum Gasteiger partial charge on any atom is 0.257 e. The largest absolute Gasteiger partial charge is 0.377 e. The molecule has 2 heterocycles. The number of nitrogens with zero attached hydrogens (tertiary/aromatic N) is 4. The average molecular weight is 241 g/mol. The molecule has 0 bridgehead atoms. The Morgan fingerprint density at radius 2 is 2.24 bits per heavy atom. The van der Waals surface area contributed by atoms with E-state index in [2.05, 4.69) is 15.5 Å². The van der Waals surface area contributed by atoms with E-state index >= 15 is 0 Å².